The molecule has 0 bridgehead atoms. The third kappa shape index (κ3) is 5.56. The van der Waals surface area contributed by atoms with Gasteiger partial charge in [-0.1, -0.05) is 6.92 Å². The average Bonchev–Trinajstić information content (AvgIpc) is 2.80. The normalized spacial score (nSPS) is 14.7. The van der Waals surface area contributed by atoms with Crippen LogP contribution in [0.2, 0.25) is 0 Å². The second kappa shape index (κ2) is 10.8. The Balaban J connectivity index is 1.82. The minimum Gasteiger partial charge on any atom is -0.490 e. The first-order chi connectivity index (χ1) is 15.4. The Morgan fingerprint density at radius 2 is 1.84 bits per heavy atom. The molecule has 1 amide bonds. The maximum atomic E-state index is 14.4. The summed E-state index contributed by atoms with van der Waals surface area (Å²) in [5.41, 5.74) is 0.451. The number of nitrogens with one attached hydrogen (secondary N) is 1. The zero-order valence-corrected chi connectivity index (χ0v) is 18.9. The van der Waals surface area contributed by atoms with E-state index in [1.165, 1.54) is 10.4 Å². The van der Waals surface area contributed by atoms with E-state index in [0.717, 1.165) is 18.6 Å². The molecule has 0 unspecified atom stereocenters. The Morgan fingerprint density at radius 3 is 2.53 bits per heavy atom. The molecule has 32 heavy (non-hydrogen) atoms. The molecule has 0 atom stereocenters. The van der Waals surface area contributed by atoms with E-state index < -0.39 is 26.6 Å². The monoisotopic (exact) mass is 466 g/mol. The van der Waals surface area contributed by atoms with E-state index in [4.69, 9.17) is 14.2 Å². The first-order valence-electron chi connectivity index (χ1n) is 10.4. The maximum absolute atomic E-state index is 14.4. The van der Waals surface area contributed by atoms with Crippen LogP contribution >= 0.6 is 0 Å². The van der Waals surface area contributed by atoms with Crippen LogP contribution in [0.25, 0.3) is 0 Å². The van der Waals surface area contributed by atoms with Gasteiger partial charge in [-0.2, -0.15) is 4.31 Å². The molecule has 2 aromatic rings. The van der Waals surface area contributed by atoms with Crippen molar-refractivity contribution in [3.8, 4) is 11.5 Å². The molecule has 2 aromatic carbocycles. The molecule has 174 valence electrons. The van der Waals surface area contributed by atoms with Crippen molar-refractivity contribution in [2.24, 2.45) is 0 Å². The van der Waals surface area contributed by atoms with Crippen molar-refractivity contribution in [1.29, 1.82) is 0 Å². The Hall–Kier alpha value is -2.69. The van der Waals surface area contributed by atoms with Crippen LogP contribution in [0.3, 0.4) is 0 Å². The molecule has 8 nitrogen and oxygen atoms in total. The summed E-state index contributed by atoms with van der Waals surface area (Å²) < 4.78 is 57.6. The predicted molar refractivity (Wildman–Crippen MR) is 117 cm³/mol. The molecule has 0 radical (unpaired) electrons. The molecule has 0 saturated carbocycles. The number of morpholine rings is 1. The number of carbonyl (C=O) groups is 1. The quantitative estimate of drug-likeness (QED) is 0.610. The lowest BCUT2D eigenvalue weighted by Crippen LogP contribution is -2.40. The van der Waals surface area contributed by atoms with Crippen molar-refractivity contribution in [2.45, 2.75) is 25.2 Å². The highest BCUT2D eigenvalue weighted by Crippen LogP contribution is 2.29. The van der Waals surface area contributed by atoms with Crippen molar-refractivity contribution in [3.63, 3.8) is 0 Å². The molecular formula is C22H27FN2O6S. The first kappa shape index (κ1) is 24.0. The number of hydrogen-bond acceptors (Lipinski definition) is 6. The summed E-state index contributed by atoms with van der Waals surface area (Å²) in [6.45, 7) is 5.50. The summed E-state index contributed by atoms with van der Waals surface area (Å²) in [6, 6.07) is 8.25. The number of benzene rings is 2. The fourth-order valence-corrected chi connectivity index (χ4v) is 4.66. The van der Waals surface area contributed by atoms with Crippen LogP contribution < -0.4 is 14.8 Å². The van der Waals surface area contributed by atoms with Crippen LogP contribution in [0.4, 0.5) is 10.1 Å². The Kier molecular flexibility index (Phi) is 8.05. The van der Waals surface area contributed by atoms with Crippen LogP contribution in [-0.2, 0) is 14.8 Å². The molecule has 0 aromatic heterocycles. The van der Waals surface area contributed by atoms with E-state index >= 15 is 0 Å². The zero-order valence-electron chi connectivity index (χ0n) is 18.1. The van der Waals surface area contributed by atoms with Crippen molar-refractivity contribution < 1.29 is 31.8 Å². The van der Waals surface area contributed by atoms with Gasteiger partial charge >= 0.3 is 0 Å². The van der Waals surface area contributed by atoms with Crippen molar-refractivity contribution >= 4 is 21.6 Å². The van der Waals surface area contributed by atoms with E-state index in [-0.39, 0.29) is 32.0 Å². The second-order valence-electron chi connectivity index (χ2n) is 7.06. The third-order valence-electron chi connectivity index (χ3n) is 4.74. The van der Waals surface area contributed by atoms with Gasteiger partial charge in [-0.3, -0.25) is 4.79 Å². The lowest BCUT2D eigenvalue weighted by molar-refractivity contribution is 0.0729. The summed E-state index contributed by atoms with van der Waals surface area (Å²) in [7, 11) is -4.05. The van der Waals surface area contributed by atoms with Crippen molar-refractivity contribution in [3.05, 3.63) is 47.8 Å². The number of halogens is 1. The van der Waals surface area contributed by atoms with Crippen molar-refractivity contribution in [1.82, 2.24) is 4.31 Å². The highest BCUT2D eigenvalue weighted by molar-refractivity contribution is 7.89. The smallest absolute Gasteiger partial charge is 0.255 e. The molecule has 0 aliphatic carbocycles. The summed E-state index contributed by atoms with van der Waals surface area (Å²) in [4.78, 5) is 12.3. The van der Waals surface area contributed by atoms with Crippen molar-refractivity contribution in [2.75, 3.05) is 44.8 Å². The van der Waals surface area contributed by atoms with Gasteiger partial charge in [-0.05, 0) is 49.7 Å². The number of rotatable bonds is 9. The molecule has 1 aliphatic heterocycles. The predicted octanol–water partition coefficient (Wildman–Crippen LogP) is 3.29. The summed E-state index contributed by atoms with van der Waals surface area (Å²) in [6.07, 6.45) is 0.827. The van der Waals surface area contributed by atoms with E-state index in [2.05, 4.69) is 5.32 Å². The van der Waals surface area contributed by atoms with Crippen LogP contribution in [-0.4, -0.2) is 58.1 Å². The fraction of sp³-hybridized carbons (Fsp3) is 0.409. The van der Waals surface area contributed by atoms with Crippen LogP contribution in [0, 0.1) is 5.82 Å². The number of amides is 1. The largest absolute Gasteiger partial charge is 0.490 e. The zero-order chi connectivity index (χ0) is 23.1. The third-order valence-corrected chi connectivity index (χ3v) is 6.66. The van der Waals surface area contributed by atoms with Gasteiger partial charge in [0.15, 0.2) is 11.5 Å². The molecule has 1 N–H and O–H groups in total. The molecule has 1 aliphatic rings. The lowest BCUT2D eigenvalue weighted by Gasteiger charge is -2.26. The standard InChI is InChI=1S/C22H27FN2O6S/c1-3-11-31-19-8-5-16(14-20(19)30-4-2)22(26)24-17-6-7-18(23)21(15-17)32(27,28)25-9-12-29-13-10-25/h5-8,14-15H,3-4,9-13H2,1-2H3,(H,24,26). The van der Waals surface area contributed by atoms with Crippen LogP contribution in [0.1, 0.15) is 30.6 Å². The first-order valence-corrected chi connectivity index (χ1v) is 11.9. The fourth-order valence-electron chi connectivity index (χ4n) is 3.16. The highest BCUT2D eigenvalue weighted by Gasteiger charge is 2.29. The Bertz CT molecular complexity index is 1050. The number of nitrogens with zero attached hydrogens (tertiary/aromatic N) is 1. The molecule has 0 spiro atoms. The SMILES string of the molecule is CCCOc1ccc(C(=O)Nc2ccc(F)c(S(=O)(=O)N3CCOCC3)c2)cc1OCC. The van der Waals surface area contributed by atoms with Gasteiger partial charge < -0.3 is 19.5 Å². The number of sulfonamides is 1. The van der Waals surface area contributed by atoms with Gasteiger partial charge in [-0.15, -0.1) is 0 Å². The van der Waals surface area contributed by atoms with E-state index in [1.54, 1.807) is 18.2 Å². The molecule has 1 saturated heterocycles. The van der Waals surface area contributed by atoms with Gasteiger partial charge in [0.25, 0.3) is 5.91 Å². The Labute approximate surface area is 187 Å². The van der Waals surface area contributed by atoms with Gasteiger partial charge in [0, 0.05) is 24.3 Å². The topological polar surface area (TPSA) is 94.2 Å². The van der Waals surface area contributed by atoms with Crippen LogP contribution in [0.15, 0.2) is 41.3 Å². The number of carbonyl (C=O) groups excluding carboxylic acids is 1. The van der Waals surface area contributed by atoms with E-state index in [0.29, 0.717) is 30.3 Å². The molecule has 1 heterocycles. The van der Waals surface area contributed by atoms with Gasteiger partial charge in [-0.25, -0.2) is 12.8 Å². The molecule has 3 rings (SSSR count). The van der Waals surface area contributed by atoms with Gasteiger partial charge in [0.05, 0.1) is 26.4 Å². The number of anilines is 1. The van der Waals surface area contributed by atoms with Gasteiger partial charge in [0.1, 0.15) is 10.7 Å². The average molecular weight is 467 g/mol. The summed E-state index contributed by atoms with van der Waals surface area (Å²) >= 11 is 0. The van der Waals surface area contributed by atoms with E-state index in [1.807, 2.05) is 13.8 Å². The number of ether oxygens (including phenoxy) is 3. The minimum absolute atomic E-state index is 0.144. The maximum Gasteiger partial charge on any atom is 0.255 e. The number of hydrogen-bond donors (Lipinski definition) is 1. The lowest BCUT2D eigenvalue weighted by atomic mass is 10.1. The van der Waals surface area contributed by atoms with Crippen LogP contribution in [0.5, 0.6) is 11.5 Å². The Morgan fingerprint density at radius 1 is 1.09 bits per heavy atom. The molecular weight excluding hydrogens is 439 g/mol. The van der Waals surface area contributed by atoms with Gasteiger partial charge in [0.2, 0.25) is 10.0 Å². The highest BCUT2D eigenvalue weighted by atomic mass is 32.2. The second-order valence-corrected chi connectivity index (χ2v) is 8.97. The summed E-state index contributed by atoms with van der Waals surface area (Å²) in [5.74, 6) is -0.408. The molecule has 1 fully saturated rings. The minimum atomic E-state index is -4.05. The van der Waals surface area contributed by atoms with E-state index in [9.17, 15) is 17.6 Å². The molecule has 10 heteroatoms. The summed E-state index contributed by atoms with van der Waals surface area (Å²) in [5, 5.41) is 2.62.